The number of hydrogen-bond acceptors (Lipinski definition) is 6. The molecule has 1 N–H and O–H groups in total. The first-order valence-electron chi connectivity index (χ1n) is 10.5. The lowest BCUT2D eigenvalue weighted by atomic mass is 10.0. The number of benzene rings is 1. The van der Waals surface area contributed by atoms with Gasteiger partial charge in [0.05, 0.1) is 12.2 Å². The lowest BCUT2D eigenvalue weighted by Gasteiger charge is -2.16. The van der Waals surface area contributed by atoms with Crippen LogP contribution in [0.5, 0.6) is 5.75 Å². The van der Waals surface area contributed by atoms with Gasteiger partial charge in [0.1, 0.15) is 23.6 Å². The number of aryl methyl sites for hydroxylation is 1. The summed E-state index contributed by atoms with van der Waals surface area (Å²) in [6, 6.07) is 15.1. The van der Waals surface area contributed by atoms with Crippen LogP contribution in [0, 0.1) is 6.92 Å². The van der Waals surface area contributed by atoms with Crippen molar-refractivity contribution in [1.82, 2.24) is 24.7 Å². The van der Waals surface area contributed by atoms with Gasteiger partial charge in [-0.15, -0.1) is 10.2 Å². The van der Waals surface area contributed by atoms with Gasteiger partial charge in [-0.2, -0.15) is 0 Å². The summed E-state index contributed by atoms with van der Waals surface area (Å²) in [6.07, 6.45) is 4.22. The minimum absolute atomic E-state index is 0.0937. The van der Waals surface area contributed by atoms with Crippen LogP contribution < -0.4 is 10.1 Å². The fourth-order valence-corrected chi connectivity index (χ4v) is 3.69. The number of anilines is 1. The smallest absolute Gasteiger partial charge is 0.260 e. The average molecular weight is 426 g/mol. The van der Waals surface area contributed by atoms with Crippen LogP contribution >= 0.6 is 0 Å². The van der Waals surface area contributed by atoms with E-state index in [1.807, 2.05) is 54.0 Å². The van der Waals surface area contributed by atoms with Gasteiger partial charge in [-0.25, -0.2) is 4.98 Å². The molecule has 0 saturated carbocycles. The maximum atomic E-state index is 13.2. The molecule has 0 spiro atoms. The first-order chi connectivity index (χ1) is 15.6. The summed E-state index contributed by atoms with van der Waals surface area (Å²) < 4.78 is 8.03. The third-order valence-corrected chi connectivity index (χ3v) is 5.53. The van der Waals surface area contributed by atoms with E-state index in [9.17, 15) is 4.79 Å². The molecular formula is C24H22N6O2. The number of ether oxygens (including phenoxy) is 1. The molecule has 160 valence electrons. The summed E-state index contributed by atoms with van der Waals surface area (Å²) in [7, 11) is 0. The molecule has 8 nitrogen and oxygen atoms in total. The number of aromatic nitrogens is 5. The zero-order valence-electron chi connectivity index (χ0n) is 17.8. The normalized spacial score (nSPS) is 15.8. The number of nitrogens with zero attached hydrogens (tertiary/aromatic N) is 5. The number of hydrogen-bond donors (Lipinski definition) is 1. The van der Waals surface area contributed by atoms with Gasteiger partial charge in [0.2, 0.25) is 0 Å². The van der Waals surface area contributed by atoms with Crippen molar-refractivity contribution in [3.05, 3.63) is 72.3 Å². The first kappa shape index (κ1) is 19.9. The quantitative estimate of drug-likeness (QED) is 0.487. The zero-order valence-corrected chi connectivity index (χ0v) is 17.8. The van der Waals surface area contributed by atoms with Crippen LogP contribution in [0.25, 0.3) is 22.6 Å². The Kier molecular flexibility index (Phi) is 5.10. The summed E-state index contributed by atoms with van der Waals surface area (Å²) in [4.78, 5) is 22.2. The molecule has 8 heteroatoms. The number of fused-ring (bicyclic) bond motifs is 5. The molecule has 4 aromatic rings. The van der Waals surface area contributed by atoms with Crippen molar-refractivity contribution in [3.63, 3.8) is 0 Å². The highest BCUT2D eigenvalue weighted by Gasteiger charge is 2.19. The second-order valence-electron chi connectivity index (χ2n) is 7.81. The Morgan fingerprint density at radius 1 is 1.12 bits per heavy atom. The molecule has 0 fully saturated rings. The molecule has 0 radical (unpaired) electrons. The second kappa shape index (κ2) is 8.22. The Labute approximate surface area is 185 Å². The van der Waals surface area contributed by atoms with Crippen LogP contribution in [0.4, 0.5) is 5.82 Å². The van der Waals surface area contributed by atoms with Gasteiger partial charge >= 0.3 is 0 Å². The predicted molar refractivity (Wildman–Crippen MR) is 120 cm³/mol. The second-order valence-corrected chi connectivity index (χ2v) is 7.81. The highest BCUT2D eigenvalue weighted by molar-refractivity contribution is 6.06. The Morgan fingerprint density at radius 2 is 2.00 bits per heavy atom. The molecule has 0 aliphatic carbocycles. The monoisotopic (exact) mass is 426 g/mol. The minimum atomic E-state index is -0.291. The molecule has 32 heavy (non-hydrogen) atoms. The van der Waals surface area contributed by atoms with Crippen molar-refractivity contribution in [3.8, 4) is 28.4 Å². The van der Waals surface area contributed by atoms with E-state index in [-0.39, 0.29) is 11.9 Å². The number of carbonyl (C=O) groups excluding carboxylic acids is 1. The number of amides is 1. The van der Waals surface area contributed by atoms with E-state index in [0.717, 1.165) is 23.2 Å². The van der Waals surface area contributed by atoms with Crippen molar-refractivity contribution in [2.45, 2.75) is 26.3 Å². The fourth-order valence-electron chi connectivity index (χ4n) is 3.69. The largest absolute Gasteiger partial charge is 0.493 e. The van der Waals surface area contributed by atoms with Crippen LogP contribution in [0.1, 0.15) is 35.4 Å². The predicted octanol–water partition coefficient (Wildman–Crippen LogP) is 4.31. The molecule has 2 bridgehead atoms. The van der Waals surface area contributed by atoms with Crippen molar-refractivity contribution in [2.24, 2.45) is 0 Å². The molecular weight excluding hydrogens is 404 g/mol. The SMILES string of the molecule is Cc1ccc(-c2ccc3c(c2)C(=O)Nc2cccc(n2)-c2nncn2C(C)CCO3)cn1. The molecule has 5 rings (SSSR count). The van der Waals surface area contributed by atoms with Crippen LogP contribution in [-0.2, 0) is 0 Å². The highest BCUT2D eigenvalue weighted by atomic mass is 16.5. The molecule has 1 atom stereocenters. The Balaban J connectivity index is 1.56. The van der Waals surface area contributed by atoms with Crippen LogP contribution in [-0.4, -0.2) is 37.2 Å². The van der Waals surface area contributed by atoms with Gasteiger partial charge in [-0.05, 0) is 49.7 Å². The summed E-state index contributed by atoms with van der Waals surface area (Å²) in [5, 5.41) is 11.2. The van der Waals surface area contributed by atoms with Gasteiger partial charge in [0.25, 0.3) is 5.91 Å². The Morgan fingerprint density at radius 3 is 2.84 bits per heavy atom. The molecule has 1 aromatic carbocycles. The van der Waals surface area contributed by atoms with E-state index in [1.165, 1.54) is 0 Å². The summed E-state index contributed by atoms with van der Waals surface area (Å²) in [6.45, 7) is 4.46. The van der Waals surface area contributed by atoms with E-state index in [4.69, 9.17) is 4.74 Å². The Bertz CT molecular complexity index is 1280. The minimum Gasteiger partial charge on any atom is -0.493 e. The molecule has 1 amide bonds. The summed E-state index contributed by atoms with van der Waals surface area (Å²) >= 11 is 0. The standard InChI is InChI=1S/C24H22N6O2/c1-15-6-7-18(13-25-15)17-8-9-21-19(12-17)24(31)28-22-5-3-4-20(27-22)23-29-26-14-30(23)16(2)10-11-32-21/h3-9,12-14,16H,10-11H2,1-2H3,(H,27,28,31). The van der Waals surface area contributed by atoms with E-state index in [2.05, 4.69) is 32.4 Å². The molecule has 1 aliphatic heterocycles. The number of nitrogens with one attached hydrogen (secondary N) is 1. The van der Waals surface area contributed by atoms with Gasteiger partial charge in [-0.1, -0.05) is 18.2 Å². The number of rotatable bonds is 1. The van der Waals surface area contributed by atoms with Crippen molar-refractivity contribution >= 4 is 11.7 Å². The van der Waals surface area contributed by atoms with Crippen molar-refractivity contribution in [2.75, 3.05) is 11.9 Å². The molecule has 4 heterocycles. The summed E-state index contributed by atoms with van der Waals surface area (Å²) in [5.41, 5.74) is 3.85. The maximum absolute atomic E-state index is 13.2. The zero-order chi connectivity index (χ0) is 22.1. The fraction of sp³-hybridized carbons (Fsp3) is 0.208. The van der Waals surface area contributed by atoms with Gasteiger partial charge < -0.3 is 14.6 Å². The van der Waals surface area contributed by atoms with Gasteiger partial charge in [-0.3, -0.25) is 9.78 Å². The van der Waals surface area contributed by atoms with E-state index >= 15 is 0 Å². The maximum Gasteiger partial charge on any atom is 0.260 e. The molecule has 3 aromatic heterocycles. The lowest BCUT2D eigenvalue weighted by Crippen LogP contribution is -2.15. The third kappa shape index (κ3) is 3.82. The van der Waals surface area contributed by atoms with Crippen molar-refractivity contribution < 1.29 is 9.53 Å². The molecule has 1 aliphatic rings. The summed E-state index contributed by atoms with van der Waals surface area (Å²) in [5.74, 6) is 1.32. The Hall–Kier alpha value is -4.07. The molecule has 0 saturated heterocycles. The van der Waals surface area contributed by atoms with E-state index in [1.54, 1.807) is 18.6 Å². The van der Waals surface area contributed by atoms with Crippen LogP contribution in [0.15, 0.2) is 61.1 Å². The first-order valence-corrected chi connectivity index (χ1v) is 10.5. The van der Waals surface area contributed by atoms with Crippen molar-refractivity contribution in [1.29, 1.82) is 0 Å². The van der Waals surface area contributed by atoms with Gasteiger partial charge in [0, 0.05) is 29.9 Å². The van der Waals surface area contributed by atoms with E-state index in [0.29, 0.717) is 35.3 Å². The van der Waals surface area contributed by atoms with Gasteiger partial charge in [0.15, 0.2) is 5.82 Å². The topological polar surface area (TPSA) is 94.8 Å². The highest BCUT2D eigenvalue weighted by Crippen LogP contribution is 2.29. The number of carbonyl (C=O) groups is 1. The van der Waals surface area contributed by atoms with Crippen LogP contribution in [0.3, 0.4) is 0 Å². The average Bonchev–Trinajstić information content (AvgIpc) is 3.30. The van der Waals surface area contributed by atoms with E-state index < -0.39 is 0 Å². The third-order valence-electron chi connectivity index (χ3n) is 5.53. The number of pyridine rings is 2. The van der Waals surface area contributed by atoms with Crippen LogP contribution in [0.2, 0.25) is 0 Å². The molecule has 1 unspecified atom stereocenters. The lowest BCUT2D eigenvalue weighted by molar-refractivity contribution is 0.102.